The zero-order valence-electron chi connectivity index (χ0n) is 17.1. The number of hydrogen-bond acceptors (Lipinski definition) is 6. The molecule has 0 radical (unpaired) electrons. The van der Waals surface area contributed by atoms with E-state index in [4.69, 9.17) is 4.74 Å². The number of aryl methyl sites for hydroxylation is 1. The van der Waals surface area contributed by atoms with E-state index < -0.39 is 14.9 Å². The molecule has 0 fully saturated rings. The number of ether oxygens (including phenoxy) is 1. The maximum Gasteiger partial charge on any atom is 0.270 e. The number of nitrogens with zero attached hydrogens (tertiary/aromatic N) is 1. The summed E-state index contributed by atoms with van der Waals surface area (Å²) in [5.74, 6) is 0.394. The summed E-state index contributed by atoms with van der Waals surface area (Å²) in [7, 11) is -4.02. The van der Waals surface area contributed by atoms with Gasteiger partial charge in [-0.15, -0.1) is 0 Å². The van der Waals surface area contributed by atoms with Crippen molar-refractivity contribution in [2.75, 3.05) is 17.9 Å². The molecule has 0 spiro atoms. The van der Waals surface area contributed by atoms with Gasteiger partial charge in [-0.1, -0.05) is 18.2 Å². The van der Waals surface area contributed by atoms with E-state index in [1.54, 1.807) is 0 Å². The number of carbonyl (C=O) groups excluding carboxylic acids is 1. The van der Waals surface area contributed by atoms with Crippen LogP contribution in [0.4, 0.5) is 11.4 Å². The first-order chi connectivity index (χ1) is 15.2. The summed E-state index contributed by atoms with van der Waals surface area (Å²) in [4.78, 5) is 22.2. The second kappa shape index (κ2) is 9.92. The largest absolute Gasteiger partial charge is 0.492 e. The summed E-state index contributed by atoms with van der Waals surface area (Å²) in [6.07, 6.45) is 0. The third kappa shape index (κ3) is 6.05. The van der Waals surface area contributed by atoms with Gasteiger partial charge >= 0.3 is 0 Å². The number of rotatable bonds is 9. The molecule has 3 aromatic carbocycles. The molecule has 0 saturated heterocycles. The van der Waals surface area contributed by atoms with Gasteiger partial charge in [-0.2, -0.15) is 0 Å². The number of nitrogens with one attached hydrogen (secondary N) is 2. The number of nitro benzene ring substituents is 1. The smallest absolute Gasteiger partial charge is 0.270 e. The summed E-state index contributed by atoms with van der Waals surface area (Å²) in [5, 5.41) is 13.6. The van der Waals surface area contributed by atoms with E-state index in [2.05, 4.69) is 10.0 Å². The van der Waals surface area contributed by atoms with Crippen molar-refractivity contribution in [3.8, 4) is 5.75 Å². The minimum atomic E-state index is -4.02. The molecule has 0 atom stereocenters. The molecule has 2 N–H and O–H groups in total. The first kappa shape index (κ1) is 22.8. The molecule has 32 heavy (non-hydrogen) atoms. The average molecular weight is 455 g/mol. The summed E-state index contributed by atoms with van der Waals surface area (Å²) >= 11 is 0. The molecule has 1 amide bonds. The summed E-state index contributed by atoms with van der Waals surface area (Å²) in [5.41, 5.74) is 1.31. The molecule has 0 saturated carbocycles. The molecule has 9 nitrogen and oxygen atoms in total. The molecule has 10 heteroatoms. The van der Waals surface area contributed by atoms with E-state index in [-0.39, 0.29) is 22.2 Å². The normalized spacial score (nSPS) is 10.9. The third-order valence-corrected chi connectivity index (χ3v) is 5.76. The van der Waals surface area contributed by atoms with Crippen molar-refractivity contribution in [2.24, 2.45) is 0 Å². The van der Waals surface area contributed by atoms with Gasteiger partial charge in [0.1, 0.15) is 12.4 Å². The van der Waals surface area contributed by atoms with Crippen LogP contribution in [0.1, 0.15) is 15.9 Å². The number of non-ortho nitro benzene ring substituents is 1. The minimum absolute atomic E-state index is 0.218. The second-order valence-electron chi connectivity index (χ2n) is 6.86. The molecule has 0 heterocycles. The van der Waals surface area contributed by atoms with Crippen molar-refractivity contribution < 1.29 is 22.9 Å². The highest BCUT2D eigenvalue weighted by molar-refractivity contribution is 7.92. The quantitative estimate of drug-likeness (QED) is 0.289. The van der Waals surface area contributed by atoms with E-state index in [0.717, 1.165) is 17.4 Å². The number of benzene rings is 3. The van der Waals surface area contributed by atoms with Gasteiger partial charge in [0.25, 0.3) is 21.6 Å². The van der Waals surface area contributed by atoms with Crippen LogP contribution in [0.5, 0.6) is 5.75 Å². The van der Waals surface area contributed by atoms with E-state index >= 15 is 0 Å². The Morgan fingerprint density at radius 1 is 1.03 bits per heavy atom. The maximum absolute atomic E-state index is 12.5. The molecule has 0 aromatic heterocycles. The van der Waals surface area contributed by atoms with Gasteiger partial charge in [0.2, 0.25) is 0 Å². The summed E-state index contributed by atoms with van der Waals surface area (Å²) < 4.78 is 32.9. The lowest BCUT2D eigenvalue weighted by molar-refractivity contribution is -0.385. The van der Waals surface area contributed by atoms with Gasteiger partial charge in [-0.3, -0.25) is 19.6 Å². The van der Waals surface area contributed by atoms with Crippen LogP contribution in [0.25, 0.3) is 0 Å². The van der Waals surface area contributed by atoms with Crippen LogP contribution < -0.4 is 14.8 Å². The molecule has 0 aliphatic carbocycles. The molecule has 166 valence electrons. The van der Waals surface area contributed by atoms with E-state index in [1.165, 1.54) is 42.5 Å². The van der Waals surface area contributed by atoms with Gasteiger partial charge in [-0.05, 0) is 55.0 Å². The van der Waals surface area contributed by atoms with Crippen LogP contribution in [-0.4, -0.2) is 32.4 Å². The molecule has 0 unspecified atom stereocenters. The fraction of sp³-hybridized carbons (Fsp3) is 0.136. The van der Waals surface area contributed by atoms with Crippen molar-refractivity contribution in [3.63, 3.8) is 0 Å². The summed E-state index contributed by atoms with van der Waals surface area (Å²) in [6.45, 7) is 2.56. The average Bonchev–Trinajstić information content (AvgIpc) is 2.77. The molecule has 3 rings (SSSR count). The van der Waals surface area contributed by atoms with Crippen molar-refractivity contribution in [1.82, 2.24) is 5.32 Å². The maximum atomic E-state index is 12.5. The van der Waals surface area contributed by atoms with Crippen molar-refractivity contribution in [1.29, 1.82) is 0 Å². The highest BCUT2D eigenvalue weighted by Gasteiger charge is 2.18. The standard InChI is InChI=1S/C22H21N3O6S/c1-16-4-2-6-20(14-16)31-13-12-23-22(26)17-8-10-18(11-9-17)24-32(29,30)21-7-3-5-19(15-21)25(27)28/h2-11,14-15,24H,12-13H2,1H3,(H,23,26). The lowest BCUT2D eigenvalue weighted by atomic mass is 10.2. The van der Waals surface area contributed by atoms with Gasteiger partial charge in [0.05, 0.1) is 16.4 Å². The van der Waals surface area contributed by atoms with Crippen molar-refractivity contribution >= 4 is 27.3 Å². The second-order valence-corrected chi connectivity index (χ2v) is 8.54. The monoisotopic (exact) mass is 455 g/mol. The van der Waals surface area contributed by atoms with Crippen molar-refractivity contribution in [3.05, 3.63) is 94.0 Å². The molecule has 0 aliphatic rings. The molecule has 0 bridgehead atoms. The van der Waals surface area contributed by atoms with E-state index in [1.807, 2.05) is 31.2 Å². The zero-order chi connectivity index (χ0) is 23.1. The van der Waals surface area contributed by atoms with Crippen LogP contribution in [0.2, 0.25) is 0 Å². The van der Waals surface area contributed by atoms with Gasteiger partial charge in [0.15, 0.2) is 0 Å². The van der Waals surface area contributed by atoms with Crippen LogP contribution in [-0.2, 0) is 10.0 Å². The number of sulfonamides is 1. The molecule has 3 aromatic rings. The lowest BCUT2D eigenvalue weighted by Gasteiger charge is -2.10. The first-order valence-corrected chi connectivity index (χ1v) is 11.1. The Hall–Kier alpha value is -3.92. The fourth-order valence-electron chi connectivity index (χ4n) is 2.81. The number of hydrogen-bond donors (Lipinski definition) is 2. The zero-order valence-corrected chi connectivity index (χ0v) is 18.0. The predicted molar refractivity (Wildman–Crippen MR) is 119 cm³/mol. The first-order valence-electron chi connectivity index (χ1n) is 9.59. The Kier molecular flexibility index (Phi) is 7.06. The van der Waals surface area contributed by atoms with Crippen molar-refractivity contribution in [2.45, 2.75) is 11.8 Å². The van der Waals surface area contributed by atoms with Crippen LogP contribution in [0.3, 0.4) is 0 Å². The molecular weight excluding hydrogens is 434 g/mol. The highest BCUT2D eigenvalue weighted by Crippen LogP contribution is 2.21. The van der Waals surface area contributed by atoms with Gasteiger partial charge < -0.3 is 10.1 Å². The summed E-state index contributed by atoms with van der Waals surface area (Å²) in [6, 6.07) is 18.1. The Morgan fingerprint density at radius 3 is 2.44 bits per heavy atom. The topological polar surface area (TPSA) is 128 Å². The number of amides is 1. The SMILES string of the molecule is Cc1cccc(OCCNC(=O)c2ccc(NS(=O)(=O)c3cccc([N+](=O)[O-])c3)cc2)c1. The fourth-order valence-corrected chi connectivity index (χ4v) is 3.91. The van der Waals surface area contributed by atoms with E-state index in [0.29, 0.717) is 18.7 Å². The predicted octanol–water partition coefficient (Wildman–Crippen LogP) is 3.51. The van der Waals surface area contributed by atoms with Gasteiger partial charge in [0, 0.05) is 23.4 Å². The van der Waals surface area contributed by atoms with Gasteiger partial charge in [-0.25, -0.2) is 8.42 Å². The molecule has 0 aliphatic heterocycles. The Labute approximate surface area is 185 Å². The highest BCUT2D eigenvalue weighted by atomic mass is 32.2. The Balaban J connectivity index is 1.55. The Morgan fingerprint density at radius 2 is 1.75 bits per heavy atom. The van der Waals surface area contributed by atoms with E-state index in [9.17, 15) is 23.3 Å². The number of anilines is 1. The van der Waals surface area contributed by atoms with Crippen LogP contribution in [0, 0.1) is 17.0 Å². The number of carbonyl (C=O) groups is 1. The van der Waals surface area contributed by atoms with Crippen LogP contribution >= 0.6 is 0 Å². The lowest BCUT2D eigenvalue weighted by Crippen LogP contribution is -2.28. The molecular formula is C22H21N3O6S. The van der Waals surface area contributed by atoms with Crippen LogP contribution in [0.15, 0.2) is 77.7 Å². The third-order valence-electron chi connectivity index (χ3n) is 4.38. The Bertz CT molecular complexity index is 1230. The minimum Gasteiger partial charge on any atom is -0.492 e. The number of nitro groups is 1.